The van der Waals surface area contributed by atoms with E-state index in [1.165, 1.54) is 7.11 Å². The molecular formula is C14H26N2O4. The van der Waals surface area contributed by atoms with Gasteiger partial charge in [-0.3, -0.25) is 4.79 Å². The molecule has 6 nitrogen and oxygen atoms in total. The van der Waals surface area contributed by atoms with Crippen LogP contribution in [0.3, 0.4) is 0 Å². The summed E-state index contributed by atoms with van der Waals surface area (Å²) in [6, 6.07) is 0. The van der Waals surface area contributed by atoms with Crippen molar-refractivity contribution in [2.75, 3.05) is 26.7 Å². The van der Waals surface area contributed by atoms with Gasteiger partial charge in [0.1, 0.15) is 5.60 Å². The number of rotatable bonds is 4. The summed E-state index contributed by atoms with van der Waals surface area (Å²) >= 11 is 0. The lowest BCUT2D eigenvalue weighted by molar-refractivity contribution is -0.142. The van der Waals surface area contributed by atoms with Crippen LogP contribution in [-0.2, 0) is 14.3 Å². The fraction of sp³-hybridized carbons (Fsp3) is 0.857. The van der Waals surface area contributed by atoms with E-state index in [4.69, 9.17) is 9.47 Å². The predicted molar refractivity (Wildman–Crippen MR) is 75.3 cm³/mol. The molecule has 0 aromatic heterocycles. The number of hydrogen-bond donors (Lipinski definition) is 2. The maximum Gasteiger partial charge on any atom is 0.407 e. The van der Waals surface area contributed by atoms with Gasteiger partial charge in [0, 0.05) is 13.0 Å². The zero-order chi connectivity index (χ0) is 15.2. The highest BCUT2D eigenvalue weighted by atomic mass is 16.6. The van der Waals surface area contributed by atoms with Gasteiger partial charge in [0.25, 0.3) is 0 Å². The third-order valence-electron chi connectivity index (χ3n) is 3.33. The third-order valence-corrected chi connectivity index (χ3v) is 3.33. The second kappa shape index (κ2) is 7.47. The summed E-state index contributed by atoms with van der Waals surface area (Å²) in [6.45, 7) is 7.67. The number of ether oxygens (including phenoxy) is 2. The first kappa shape index (κ1) is 16.8. The third kappa shape index (κ3) is 6.23. The molecule has 0 bridgehead atoms. The van der Waals surface area contributed by atoms with Crippen molar-refractivity contribution >= 4 is 12.1 Å². The number of carbonyl (C=O) groups excluding carboxylic acids is 2. The molecule has 1 aliphatic rings. The summed E-state index contributed by atoms with van der Waals surface area (Å²) in [5.74, 6) is 0.258. The number of amides is 1. The Hall–Kier alpha value is -1.30. The topological polar surface area (TPSA) is 76.7 Å². The fourth-order valence-electron chi connectivity index (χ4n) is 2.31. The lowest BCUT2D eigenvalue weighted by atomic mass is 9.84. The maximum absolute atomic E-state index is 11.6. The molecular weight excluding hydrogens is 260 g/mol. The molecule has 0 spiro atoms. The van der Waals surface area contributed by atoms with Gasteiger partial charge in [-0.2, -0.15) is 0 Å². The Morgan fingerprint density at radius 2 is 2.00 bits per heavy atom. The largest absolute Gasteiger partial charge is 0.469 e. The Labute approximate surface area is 120 Å². The Bertz CT molecular complexity index is 339. The van der Waals surface area contributed by atoms with Crippen LogP contribution >= 0.6 is 0 Å². The zero-order valence-corrected chi connectivity index (χ0v) is 12.8. The van der Waals surface area contributed by atoms with E-state index in [9.17, 15) is 9.59 Å². The number of nitrogens with one attached hydrogen (secondary N) is 2. The van der Waals surface area contributed by atoms with Crippen molar-refractivity contribution in [3.63, 3.8) is 0 Å². The molecule has 0 aromatic rings. The van der Waals surface area contributed by atoms with Gasteiger partial charge in [0.05, 0.1) is 7.11 Å². The molecule has 20 heavy (non-hydrogen) atoms. The molecule has 1 saturated heterocycles. The van der Waals surface area contributed by atoms with Crippen molar-refractivity contribution in [1.82, 2.24) is 10.6 Å². The predicted octanol–water partition coefficient (Wildman–Crippen LogP) is 1.30. The van der Waals surface area contributed by atoms with Gasteiger partial charge in [-0.05, 0) is 52.1 Å². The molecule has 2 N–H and O–H groups in total. The van der Waals surface area contributed by atoms with Gasteiger partial charge in [-0.1, -0.05) is 0 Å². The van der Waals surface area contributed by atoms with E-state index in [0.29, 0.717) is 13.0 Å². The van der Waals surface area contributed by atoms with E-state index in [0.717, 1.165) is 19.5 Å². The summed E-state index contributed by atoms with van der Waals surface area (Å²) in [5.41, 5.74) is -0.500. The number of alkyl carbamates (subject to hydrolysis) is 1. The van der Waals surface area contributed by atoms with Crippen LogP contribution in [-0.4, -0.2) is 44.4 Å². The SMILES string of the molecule is COC(=O)C[C@@H]1CCNC[C@H]1CNC(=O)OC(C)(C)C. The first-order valence-corrected chi connectivity index (χ1v) is 7.06. The number of carbonyl (C=O) groups is 2. The first-order chi connectivity index (χ1) is 9.31. The minimum Gasteiger partial charge on any atom is -0.469 e. The summed E-state index contributed by atoms with van der Waals surface area (Å²) in [7, 11) is 1.40. The van der Waals surface area contributed by atoms with E-state index in [2.05, 4.69) is 10.6 Å². The van der Waals surface area contributed by atoms with Crippen LogP contribution in [0.2, 0.25) is 0 Å². The van der Waals surface area contributed by atoms with Crippen molar-refractivity contribution in [1.29, 1.82) is 0 Å². The molecule has 6 heteroatoms. The quantitative estimate of drug-likeness (QED) is 0.762. The highest BCUT2D eigenvalue weighted by Gasteiger charge is 2.28. The van der Waals surface area contributed by atoms with E-state index in [-0.39, 0.29) is 17.8 Å². The van der Waals surface area contributed by atoms with E-state index >= 15 is 0 Å². The molecule has 116 valence electrons. The second-order valence-corrected chi connectivity index (χ2v) is 6.18. The van der Waals surface area contributed by atoms with Crippen LogP contribution in [0, 0.1) is 11.8 Å². The Morgan fingerprint density at radius 3 is 2.60 bits per heavy atom. The number of methoxy groups -OCH3 is 1. The van der Waals surface area contributed by atoms with Crippen LogP contribution in [0.1, 0.15) is 33.6 Å². The Kier molecular flexibility index (Phi) is 6.26. The van der Waals surface area contributed by atoms with Crippen molar-refractivity contribution in [3.8, 4) is 0 Å². The summed E-state index contributed by atoms with van der Waals surface area (Å²) < 4.78 is 9.93. The monoisotopic (exact) mass is 286 g/mol. The molecule has 1 aliphatic heterocycles. The standard InChI is InChI=1S/C14H26N2O4/c1-14(2,3)20-13(18)16-9-11-8-15-6-5-10(11)7-12(17)19-4/h10-11,15H,5-9H2,1-4H3,(H,16,18)/t10-,11-/m0/s1. The van der Waals surface area contributed by atoms with Crippen LogP contribution in [0.5, 0.6) is 0 Å². The average Bonchev–Trinajstić information content (AvgIpc) is 2.35. The molecule has 0 saturated carbocycles. The van der Waals surface area contributed by atoms with Crippen LogP contribution in [0.15, 0.2) is 0 Å². The van der Waals surface area contributed by atoms with Crippen LogP contribution < -0.4 is 10.6 Å². The van der Waals surface area contributed by atoms with Crippen molar-refractivity contribution in [2.24, 2.45) is 11.8 Å². The van der Waals surface area contributed by atoms with E-state index in [1.807, 2.05) is 20.8 Å². The molecule has 1 rings (SSSR count). The van der Waals surface area contributed by atoms with Gasteiger partial charge in [0.15, 0.2) is 0 Å². The van der Waals surface area contributed by atoms with Gasteiger partial charge in [-0.25, -0.2) is 4.79 Å². The van der Waals surface area contributed by atoms with E-state index < -0.39 is 11.7 Å². The highest BCUT2D eigenvalue weighted by molar-refractivity contribution is 5.69. The molecule has 1 amide bonds. The van der Waals surface area contributed by atoms with Crippen LogP contribution in [0.25, 0.3) is 0 Å². The van der Waals surface area contributed by atoms with Crippen molar-refractivity contribution in [3.05, 3.63) is 0 Å². The number of hydrogen-bond acceptors (Lipinski definition) is 5. The summed E-state index contributed by atoms with van der Waals surface area (Å²) in [5, 5.41) is 6.06. The second-order valence-electron chi connectivity index (χ2n) is 6.18. The van der Waals surface area contributed by atoms with Crippen molar-refractivity contribution in [2.45, 2.75) is 39.2 Å². The maximum atomic E-state index is 11.6. The first-order valence-electron chi connectivity index (χ1n) is 7.06. The zero-order valence-electron chi connectivity index (χ0n) is 12.8. The van der Waals surface area contributed by atoms with Gasteiger partial charge in [0.2, 0.25) is 0 Å². The average molecular weight is 286 g/mol. The minimum absolute atomic E-state index is 0.195. The molecule has 1 fully saturated rings. The molecule has 0 unspecified atom stereocenters. The Balaban J connectivity index is 2.42. The summed E-state index contributed by atoms with van der Waals surface area (Å²) in [4.78, 5) is 23.0. The minimum atomic E-state index is -0.500. The van der Waals surface area contributed by atoms with Gasteiger partial charge in [-0.15, -0.1) is 0 Å². The molecule has 0 aromatic carbocycles. The molecule has 0 aliphatic carbocycles. The van der Waals surface area contributed by atoms with Gasteiger partial charge < -0.3 is 20.1 Å². The molecule has 0 radical (unpaired) electrons. The van der Waals surface area contributed by atoms with E-state index in [1.54, 1.807) is 0 Å². The molecule has 1 heterocycles. The normalized spacial score (nSPS) is 23.0. The summed E-state index contributed by atoms with van der Waals surface area (Å²) in [6.07, 6.45) is 0.897. The molecule has 2 atom stereocenters. The lowest BCUT2D eigenvalue weighted by Gasteiger charge is -2.32. The smallest absolute Gasteiger partial charge is 0.407 e. The Morgan fingerprint density at radius 1 is 1.30 bits per heavy atom. The van der Waals surface area contributed by atoms with Crippen molar-refractivity contribution < 1.29 is 19.1 Å². The number of piperidine rings is 1. The van der Waals surface area contributed by atoms with Crippen LogP contribution in [0.4, 0.5) is 4.79 Å². The number of esters is 1. The van der Waals surface area contributed by atoms with Gasteiger partial charge >= 0.3 is 12.1 Å². The lowest BCUT2D eigenvalue weighted by Crippen LogP contribution is -2.44. The fourth-order valence-corrected chi connectivity index (χ4v) is 2.31. The highest BCUT2D eigenvalue weighted by Crippen LogP contribution is 2.22.